The third kappa shape index (κ3) is 6.42. The number of anilines is 8. The first-order chi connectivity index (χ1) is 38.5. The van der Waals surface area contributed by atoms with Gasteiger partial charge < -0.3 is 23.5 Å². The van der Waals surface area contributed by atoms with E-state index in [2.05, 4.69) is 253 Å². The molecule has 11 aromatic rings. The van der Waals surface area contributed by atoms with Crippen LogP contribution in [0.3, 0.4) is 0 Å². The summed E-state index contributed by atoms with van der Waals surface area (Å²) in [5, 5.41) is 4.52. The predicted molar refractivity (Wildman–Crippen MR) is 337 cm³/mol. The maximum absolute atomic E-state index is 6.99. The molecule has 3 aliphatic heterocycles. The van der Waals surface area contributed by atoms with Crippen LogP contribution in [-0.4, -0.2) is 12.3 Å². The van der Waals surface area contributed by atoms with Crippen molar-refractivity contribution in [2.75, 3.05) is 14.7 Å². The lowest BCUT2D eigenvalue weighted by Gasteiger charge is -2.51. The molecule has 1 fully saturated rings. The topological polar surface area (TPSA) is 36.0 Å². The zero-order valence-electron chi connectivity index (χ0n) is 47.7. The summed E-state index contributed by atoms with van der Waals surface area (Å²) in [5.74, 6) is 0. The van der Waals surface area contributed by atoms with Crippen molar-refractivity contribution >= 4 is 112 Å². The molecule has 6 heteroatoms. The number of benzene rings is 9. The van der Waals surface area contributed by atoms with Crippen molar-refractivity contribution in [3.8, 4) is 11.1 Å². The van der Waals surface area contributed by atoms with Gasteiger partial charge in [0.2, 0.25) is 0 Å². The molecule has 5 nitrogen and oxygen atoms in total. The third-order valence-corrected chi connectivity index (χ3v) is 20.6. The van der Waals surface area contributed by atoms with Crippen molar-refractivity contribution in [2.45, 2.75) is 128 Å². The van der Waals surface area contributed by atoms with Gasteiger partial charge in [-0.3, -0.25) is 0 Å². The molecule has 80 heavy (non-hydrogen) atoms. The summed E-state index contributed by atoms with van der Waals surface area (Å²) in [7, 11) is 0. The highest BCUT2D eigenvalue weighted by molar-refractivity contribution is 7.00. The Balaban J connectivity index is 1.12. The lowest BCUT2D eigenvalue weighted by molar-refractivity contribution is 0.195. The Morgan fingerprint density at radius 1 is 0.450 bits per heavy atom. The molecule has 1 saturated carbocycles. The maximum atomic E-state index is 6.99. The first kappa shape index (κ1) is 48.0. The monoisotopic (exact) mass is 1040 g/mol. The van der Waals surface area contributed by atoms with Gasteiger partial charge in [0.25, 0.3) is 6.71 Å². The lowest BCUT2D eigenvalue weighted by Crippen LogP contribution is -2.62. The van der Waals surface area contributed by atoms with Crippen molar-refractivity contribution in [1.29, 1.82) is 0 Å². The fourth-order valence-electron chi connectivity index (χ4n) is 16.1. The van der Waals surface area contributed by atoms with Gasteiger partial charge in [-0.05, 0) is 160 Å². The zero-order chi connectivity index (χ0) is 54.4. The summed E-state index contributed by atoms with van der Waals surface area (Å²) < 4.78 is 13.8. The third-order valence-electron chi connectivity index (χ3n) is 20.6. The molecular weight excluding hydrogens is 974 g/mol. The highest BCUT2D eigenvalue weighted by Crippen LogP contribution is 2.63. The Kier molecular flexibility index (Phi) is 9.80. The van der Waals surface area contributed by atoms with E-state index in [0.717, 1.165) is 80.9 Å². The van der Waals surface area contributed by atoms with Gasteiger partial charge in [-0.2, -0.15) is 0 Å². The summed E-state index contributed by atoms with van der Waals surface area (Å²) >= 11 is 0. The van der Waals surface area contributed by atoms with Crippen LogP contribution in [-0.2, 0) is 21.7 Å². The van der Waals surface area contributed by atoms with E-state index in [0.29, 0.717) is 0 Å². The second kappa shape index (κ2) is 16.3. The predicted octanol–water partition coefficient (Wildman–Crippen LogP) is 18.6. The Morgan fingerprint density at radius 2 is 1.06 bits per heavy atom. The second-order valence-electron chi connectivity index (χ2n) is 27.0. The van der Waals surface area contributed by atoms with E-state index in [1.807, 2.05) is 0 Å². The van der Waals surface area contributed by atoms with Gasteiger partial charge >= 0.3 is 0 Å². The molecule has 5 heterocycles. The van der Waals surface area contributed by atoms with Crippen LogP contribution in [0.1, 0.15) is 123 Å². The average molecular weight is 1040 g/mol. The fraction of sp³-hybridized carbons (Fsp3) is 0.270. The Hall–Kier alpha value is -7.96. The van der Waals surface area contributed by atoms with Gasteiger partial charge in [0, 0.05) is 50.2 Å². The largest absolute Gasteiger partial charge is 0.456 e. The van der Waals surface area contributed by atoms with Gasteiger partial charge in [-0.25, -0.2) is 0 Å². The van der Waals surface area contributed by atoms with Crippen LogP contribution < -0.4 is 31.1 Å². The van der Waals surface area contributed by atoms with E-state index < -0.39 is 0 Å². The second-order valence-corrected chi connectivity index (χ2v) is 27.0. The molecule has 0 bridgehead atoms. The van der Waals surface area contributed by atoms with Crippen molar-refractivity contribution in [3.05, 3.63) is 198 Å². The molecule has 0 amide bonds. The first-order valence-electron chi connectivity index (χ1n) is 29.5. The van der Waals surface area contributed by atoms with Gasteiger partial charge in [0.1, 0.15) is 22.3 Å². The molecule has 2 unspecified atom stereocenters. The van der Waals surface area contributed by atoms with Gasteiger partial charge in [0.15, 0.2) is 0 Å². The summed E-state index contributed by atoms with van der Waals surface area (Å²) in [6.07, 6.45) is 6.90. The number of furan rings is 2. The maximum Gasteiger partial charge on any atom is 0.252 e. The van der Waals surface area contributed by atoms with Gasteiger partial charge in [-0.15, -0.1) is 0 Å². The number of hydrogen-bond donors (Lipinski definition) is 0. The molecule has 9 aromatic carbocycles. The van der Waals surface area contributed by atoms with Crippen LogP contribution in [0.4, 0.5) is 45.5 Å². The molecule has 2 aliphatic carbocycles. The van der Waals surface area contributed by atoms with E-state index in [1.54, 1.807) is 0 Å². The lowest BCUT2D eigenvalue weighted by atomic mass is 9.33. The van der Waals surface area contributed by atoms with Crippen LogP contribution in [0.5, 0.6) is 0 Å². The summed E-state index contributed by atoms with van der Waals surface area (Å²) in [4.78, 5) is 8.19. The van der Waals surface area contributed by atoms with E-state index >= 15 is 0 Å². The standard InChI is InChI=1S/C74H68BN3O2/c1-70(2,3)46-32-34-56(50(40-46)45-22-11-10-12-23-45)77-61-42-47(78-57-27-16-15-26-51(57)73(8)36-19-20-37-74(73,78)9)41-60-68(61)75(54-33-35-65-67(69(54)77)49-25-14-18-30-63(49)80-65)55-43-52-53(72(6,7)39-38-71(52,4)5)44-59(55)76(60)58-28-21-31-64-66(58)48-24-13-17-29-62(48)79-64/h10-18,21-35,40-44H,19-20,36-39H2,1-9H3. The van der Waals surface area contributed by atoms with E-state index in [-0.39, 0.29) is 33.9 Å². The normalized spacial score (nSPS) is 20.5. The molecule has 0 radical (unpaired) electrons. The molecule has 394 valence electrons. The molecule has 0 spiro atoms. The van der Waals surface area contributed by atoms with E-state index in [9.17, 15) is 0 Å². The molecular formula is C74H68BN3O2. The summed E-state index contributed by atoms with van der Waals surface area (Å²) in [6, 6.07) is 67.1. The average Bonchev–Trinajstić information content (AvgIpc) is 2.31. The Labute approximate surface area is 470 Å². The summed E-state index contributed by atoms with van der Waals surface area (Å²) in [5.41, 5.74) is 24.7. The minimum Gasteiger partial charge on any atom is -0.456 e. The van der Waals surface area contributed by atoms with Crippen LogP contribution in [0.2, 0.25) is 0 Å². The Morgan fingerprint density at radius 3 is 1.80 bits per heavy atom. The highest BCUT2D eigenvalue weighted by Gasteiger charge is 2.58. The number of nitrogens with zero attached hydrogens (tertiary/aromatic N) is 3. The molecule has 16 rings (SSSR count). The molecule has 0 N–H and O–H groups in total. The van der Waals surface area contributed by atoms with Crippen LogP contribution in [0.15, 0.2) is 185 Å². The highest BCUT2D eigenvalue weighted by atomic mass is 16.3. The number of hydrogen-bond acceptors (Lipinski definition) is 5. The van der Waals surface area contributed by atoms with Crippen LogP contribution in [0.25, 0.3) is 55.0 Å². The van der Waals surface area contributed by atoms with Crippen molar-refractivity contribution in [3.63, 3.8) is 0 Å². The van der Waals surface area contributed by atoms with Crippen LogP contribution in [0, 0.1) is 0 Å². The molecule has 2 aromatic heterocycles. The molecule has 5 aliphatic rings. The first-order valence-corrected chi connectivity index (χ1v) is 29.5. The van der Waals surface area contributed by atoms with Crippen LogP contribution >= 0.6 is 0 Å². The number of para-hydroxylation sites is 3. The van der Waals surface area contributed by atoms with E-state index in [4.69, 9.17) is 8.83 Å². The summed E-state index contributed by atoms with van der Waals surface area (Å²) in [6.45, 7) is 21.9. The quantitative estimate of drug-likeness (QED) is 0.164. The number of fused-ring (bicyclic) bond motifs is 15. The van der Waals surface area contributed by atoms with Gasteiger partial charge in [-0.1, -0.05) is 177 Å². The smallest absolute Gasteiger partial charge is 0.252 e. The molecule has 0 saturated heterocycles. The van der Waals surface area contributed by atoms with Crippen molar-refractivity contribution in [2.24, 2.45) is 0 Å². The fourth-order valence-corrected chi connectivity index (χ4v) is 16.1. The zero-order valence-corrected chi connectivity index (χ0v) is 47.7. The van der Waals surface area contributed by atoms with Crippen molar-refractivity contribution in [1.82, 2.24) is 0 Å². The van der Waals surface area contributed by atoms with Crippen molar-refractivity contribution < 1.29 is 8.83 Å². The molecule has 2 atom stereocenters. The van der Waals surface area contributed by atoms with E-state index in [1.165, 1.54) is 96.7 Å². The SMILES string of the molecule is CC(C)(C)c1ccc(N2c3cc(N4c5ccccc5C5(C)CCCCC45C)cc4c3B(c3cc5c(cc3N4c3cccc4oc6ccccc6c34)C(C)(C)CCC5(C)C)c3ccc4oc5ccccc5c4c32)c(-c2ccccc2)c1. The minimum atomic E-state index is -0.197. The minimum absolute atomic E-state index is 0.0304. The van der Waals surface area contributed by atoms with Gasteiger partial charge in [0.05, 0.1) is 33.4 Å². The number of rotatable bonds is 4. The Bertz CT molecular complexity index is 4440.